The van der Waals surface area contributed by atoms with Gasteiger partial charge >= 0.3 is 12.4 Å². The molecule has 0 spiro atoms. The van der Waals surface area contributed by atoms with Crippen molar-refractivity contribution in [2.75, 3.05) is 0 Å². The summed E-state index contributed by atoms with van der Waals surface area (Å²) in [5.41, 5.74) is 18.0. The Morgan fingerprint density at radius 3 is 0.682 bits per heavy atom. The molecule has 16 aromatic rings. The Hall–Kier alpha value is -10.3. The van der Waals surface area contributed by atoms with Crippen molar-refractivity contribution in [2.45, 2.75) is 156 Å². The van der Waals surface area contributed by atoms with Crippen molar-refractivity contribution in [3.8, 4) is 90.1 Å². The van der Waals surface area contributed by atoms with Crippen LogP contribution in [-0.2, 0) is 92.8 Å². The van der Waals surface area contributed by atoms with E-state index >= 15 is 0 Å². The number of benzene rings is 12. The molecule has 4 radical (unpaired) electrons. The van der Waals surface area contributed by atoms with Crippen LogP contribution in [0.2, 0.25) is 0 Å². The number of hydrogen-bond acceptors (Lipinski definition) is 16. The van der Waals surface area contributed by atoms with Crippen LogP contribution in [0.25, 0.3) is 134 Å². The van der Waals surface area contributed by atoms with Crippen LogP contribution in [0.1, 0.15) is 103 Å². The standard InChI is InChI=1S/2C22H14F3N2.C20H11F2N2.C20H13N2.4C5H12O2.4Ir/c2*1-14-6-8-15(9-7-14)20-21(27-19-5-3-2-4-18(19)26-20)16-10-12-17(13-11-16)22(23,24)25;21-15-9-5-13(6-10-15)19-20(14-7-11-16(22)12-8-14)24-18-4-2-1-3-17(18)23-19;1-3-9-15(10-4-1)19-20(16-11-5-2-6-12-16)22-18-14-8-7-13-17(18)21-19;4*1-4(6)3-5(2)7;;;;/h2*2-10,12-13H,1H3;1-7,9-12H;1-11,13-14H;4*4-7H,3H2,1-2H3;;;;/q4*-1;;;;;;;;. The van der Waals surface area contributed by atoms with Crippen molar-refractivity contribution in [1.82, 2.24) is 39.9 Å². The second-order valence-corrected chi connectivity index (χ2v) is 30.7. The van der Waals surface area contributed by atoms with Crippen molar-refractivity contribution in [3.63, 3.8) is 0 Å². The molecule has 0 aliphatic heterocycles. The number of rotatable bonds is 16. The van der Waals surface area contributed by atoms with Crippen LogP contribution in [0.5, 0.6) is 0 Å². The van der Waals surface area contributed by atoms with Gasteiger partial charge in [0.2, 0.25) is 0 Å². The molecule has 132 heavy (non-hydrogen) atoms. The predicted molar refractivity (Wildman–Crippen MR) is 488 cm³/mol. The summed E-state index contributed by atoms with van der Waals surface area (Å²) in [6.45, 7) is 17.2. The summed E-state index contributed by atoms with van der Waals surface area (Å²) in [5, 5.41) is 68.5. The van der Waals surface area contributed by atoms with E-state index < -0.39 is 23.5 Å². The molecule has 700 valence electrons. The van der Waals surface area contributed by atoms with E-state index in [4.69, 9.17) is 60.8 Å². The zero-order valence-corrected chi connectivity index (χ0v) is 83.1. The first kappa shape index (κ1) is 112. The van der Waals surface area contributed by atoms with Gasteiger partial charge in [-0.2, -0.15) is 26.3 Å². The average Bonchev–Trinajstić information content (AvgIpc) is 0.793. The molecule has 0 aliphatic carbocycles. The fraction of sp³-hybridized carbons (Fsp3) is 0.231. The van der Waals surface area contributed by atoms with Gasteiger partial charge in [0.25, 0.3) is 0 Å². The van der Waals surface area contributed by atoms with E-state index in [-0.39, 0.29) is 141 Å². The topological polar surface area (TPSA) is 265 Å². The molecular weight excluding hydrogens is 2410 g/mol. The van der Waals surface area contributed by atoms with Crippen molar-refractivity contribution >= 4 is 44.1 Å². The van der Waals surface area contributed by atoms with E-state index in [1.54, 1.807) is 73.6 Å². The molecule has 4 heterocycles. The fourth-order valence-electron chi connectivity index (χ4n) is 12.7. The van der Waals surface area contributed by atoms with Crippen LogP contribution in [0.3, 0.4) is 0 Å². The molecule has 4 aromatic heterocycles. The monoisotopic (exact) mass is 2510 g/mol. The SMILES string of the molecule is CC(O)CC(C)O.CC(O)CC(C)O.CC(O)CC(C)O.CC(O)CC(C)O.Cc1ccc(-c2nc3ccccc3nc2-c2[c-]cc(C(F)(F)F)cc2)cc1.Cc1ccc(-c2nc3ccccc3nc2-c2[c-]cc(C(F)(F)F)cc2)cc1.Fc1c[c-]c(-c2nc3ccccc3nc2-c2ccc(F)cc2)cc1.[Ir].[Ir].[Ir].[Ir].[c-]1ccccc1-c1nc2ccccc2nc1-c1ccccc1. The Morgan fingerprint density at radius 2 is 0.462 bits per heavy atom. The Balaban J connectivity index is 0.000000281. The fourth-order valence-corrected chi connectivity index (χ4v) is 12.7. The molecule has 16 rings (SSSR count). The number of nitrogens with zero attached hydrogens (tertiary/aromatic N) is 8. The normalized spacial score (nSPS) is 12.6. The molecule has 0 amide bonds. The molecule has 0 saturated heterocycles. The summed E-state index contributed by atoms with van der Waals surface area (Å²) in [5.74, 6) is -0.682. The first-order valence-electron chi connectivity index (χ1n) is 41.3. The Kier molecular flexibility index (Phi) is 46.6. The molecule has 0 saturated carbocycles. The van der Waals surface area contributed by atoms with E-state index in [0.29, 0.717) is 87.6 Å². The van der Waals surface area contributed by atoms with Gasteiger partial charge in [-0.3, -0.25) is 44.3 Å². The number of aliphatic hydroxyl groups is 8. The second kappa shape index (κ2) is 54.8. The first-order valence-corrected chi connectivity index (χ1v) is 41.3. The predicted octanol–water partition coefficient (Wildman–Crippen LogP) is 22.5. The Bertz CT molecular complexity index is 5700. The minimum Gasteiger partial charge on any atom is -0.393 e. The third-order valence-corrected chi connectivity index (χ3v) is 18.6. The van der Waals surface area contributed by atoms with E-state index in [0.717, 1.165) is 108 Å². The summed E-state index contributed by atoms with van der Waals surface area (Å²) >= 11 is 0. The van der Waals surface area contributed by atoms with Crippen molar-refractivity contribution in [3.05, 3.63) is 337 Å². The largest absolute Gasteiger partial charge is 0.393 e. The Morgan fingerprint density at radius 1 is 0.242 bits per heavy atom. The molecular formula is C104H100F8Ir4N8O8-4. The van der Waals surface area contributed by atoms with Gasteiger partial charge in [-0.05, 0) is 189 Å². The maximum atomic E-state index is 13.2. The van der Waals surface area contributed by atoms with E-state index in [1.165, 1.54) is 36.4 Å². The number of hydrogen-bond donors (Lipinski definition) is 8. The van der Waals surface area contributed by atoms with E-state index in [1.807, 2.05) is 202 Å². The summed E-state index contributed by atoms with van der Waals surface area (Å²) < 4.78 is 104. The first-order chi connectivity index (χ1) is 61.0. The van der Waals surface area contributed by atoms with Crippen LogP contribution < -0.4 is 0 Å². The molecule has 28 heteroatoms. The number of halogens is 8. The van der Waals surface area contributed by atoms with Gasteiger partial charge in [0.1, 0.15) is 5.82 Å². The van der Waals surface area contributed by atoms with Crippen molar-refractivity contribution < 1.29 is 156 Å². The third-order valence-electron chi connectivity index (χ3n) is 18.6. The molecule has 0 fully saturated rings. The summed E-state index contributed by atoms with van der Waals surface area (Å²) in [6, 6.07) is 92.6. The minimum atomic E-state index is -4.40. The number of aliphatic hydroxyl groups excluding tert-OH is 8. The molecule has 8 unspecified atom stereocenters. The summed E-state index contributed by atoms with van der Waals surface area (Å²) in [4.78, 5) is 37.8. The molecule has 0 aliphatic rings. The molecule has 8 N–H and O–H groups in total. The van der Waals surface area contributed by atoms with Gasteiger partial charge in [0, 0.05) is 109 Å². The number of fused-ring (bicyclic) bond motifs is 4. The van der Waals surface area contributed by atoms with Gasteiger partial charge in [-0.15, -0.1) is 125 Å². The minimum absolute atomic E-state index is 0. The van der Waals surface area contributed by atoms with Crippen LogP contribution in [0.4, 0.5) is 35.1 Å². The summed E-state index contributed by atoms with van der Waals surface area (Å²) in [6.07, 6.45) is -9.91. The number of alkyl halides is 6. The van der Waals surface area contributed by atoms with Crippen LogP contribution in [-0.4, -0.2) is 130 Å². The third kappa shape index (κ3) is 35.6. The quantitative estimate of drug-likeness (QED) is 0.0330. The smallest absolute Gasteiger partial charge is 0.381 e. The molecule has 0 bridgehead atoms. The zero-order valence-electron chi connectivity index (χ0n) is 73.5. The van der Waals surface area contributed by atoms with Crippen LogP contribution in [0.15, 0.2) is 279 Å². The average molecular weight is 2510 g/mol. The second-order valence-electron chi connectivity index (χ2n) is 30.7. The van der Waals surface area contributed by atoms with Crippen molar-refractivity contribution in [2.24, 2.45) is 0 Å². The maximum absolute atomic E-state index is 13.2. The molecule has 12 aromatic carbocycles. The molecule has 8 atom stereocenters. The zero-order chi connectivity index (χ0) is 92.8. The Labute approximate surface area is 817 Å². The van der Waals surface area contributed by atoms with Gasteiger partial charge in [-0.1, -0.05) is 151 Å². The van der Waals surface area contributed by atoms with Gasteiger partial charge < -0.3 is 40.9 Å². The van der Waals surface area contributed by atoms with E-state index in [2.05, 4.69) is 56.3 Å². The van der Waals surface area contributed by atoms with E-state index in [9.17, 15) is 35.1 Å². The molecule has 16 nitrogen and oxygen atoms in total. The van der Waals surface area contributed by atoms with Gasteiger partial charge in [0.15, 0.2) is 0 Å². The van der Waals surface area contributed by atoms with Gasteiger partial charge in [-0.25, -0.2) is 4.39 Å². The number of aryl methyl sites for hydroxylation is 2. The number of para-hydroxylation sites is 8. The van der Waals surface area contributed by atoms with Gasteiger partial charge in [0.05, 0.1) is 116 Å². The van der Waals surface area contributed by atoms with Crippen LogP contribution in [0, 0.1) is 49.7 Å². The summed E-state index contributed by atoms with van der Waals surface area (Å²) in [7, 11) is 0. The van der Waals surface area contributed by atoms with Crippen LogP contribution >= 0.6 is 0 Å². The van der Waals surface area contributed by atoms with Crippen molar-refractivity contribution in [1.29, 1.82) is 0 Å². The number of aromatic nitrogens is 8. The maximum Gasteiger partial charge on any atom is 0.381 e.